The van der Waals surface area contributed by atoms with Gasteiger partial charge in [-0.05, 0) is 91.9 Å². The van der Waals surface area contributed by atoms with Gasteiger partial charge >= 0.3 is 120 Å². The molecule has 0 fully saturated rings. The molecule has 0 aliphatic carbocycles. The Bertz CT molecular complexity index is 2540. The van der Waals surface area contributed by atoms with Crippen LogP contribution in [-0.2, 0) is 17.8 Å². The van der Waals surface area contributed by atoms with Crippen LogP contribution in [-0.4, -0.2) is 69.4 Å². The molecule has 0 saturated carbocycles. The van der Waals surface area contributed by atoms with Crippen molar-refractivity contribution in [2.75, 3.05) is 6.61 Å². The van der Waals surface area contributed by atoms with Crippen LogP contribution in [0.5, 0.6) is 0 Å². The SMILES string of the molecule is C=[C](OCC)[Sn]([CH2]CCC)([CH2]CCC)[CH2]CCC.CC(=O)c1cc(F)ccc1-n1nc(C)cc1Cn1cnc(C#N)c1.Cc1cc(Cn2cnc(C#N)c2)n(-c2ccc(F)cc2I)n1. The van der Waals surface area contributed by atoms with E-state index in [9.17, 15) is 13.6 Å². The Kier molecular flexibility index (Phi) is 20.4. The van der Waals surface area contributed by atoms with Crippen molar-refractivity contribution in [1.82, 2.24) is 38.7 Å². The molecule has 0 radical (unpaired) electrons. The zero-order valence-electron chi connectivity index (χ0n) is 38.0. The van der Waals surface area contributed by atoms with Gasteiger partial charge in [-0.2, -0.15) is 20.7 Å². The van der Waals surface area contributed by atoms with Crippen molar-refractivity contribution in [1.29, 1.82) is 10.5 Å². The van der Waals surface area contributed by atoms with Gasteiger partial charge in [0.05, 0.1) is 59.9 Å². The molecule has 338 valence electrons. The average Bonchev–Trinajstić information content (AvgIpc) is 4.09. The largest absolute Gasteiger partial charge is 0.330 e. The molecule has 16 heteroatoms. The van der Waals surface area contributed by atoms with Gasteiger partial charge in [-0.25, -0.2) is 28.1 Å². The summed E-state index contributed by atoms with van der Waals surface area (Å²) in [5.74, 6) is -0.979. The monoisotopic (exact) mass is 1090 g/mol. The third-order valence-corrected chi connectivity index (χ3v) is 26.5. The standard InChI is InChI=1S/C17H14FN5O.C15H11FIN5.C4H7O.3C4H9.Sn/c1-11-5-15(9-22-8-14(7-19)20-10-22)23(21-11)17-4-3-13(18)6-16(17)12(2)24;1-10-4-13(8-21-7-12(6-18)19-9-21)22(20-10)15-3-2-11(16)5-14(15)17;1-3-5-4-2;3*1-3-4-2;/h3-6,8,10H,9H2,1-2H3;2-5,7,9H,8H2,1H3;1,4H2,2H3;3*1,3-4H2,2H3;. The molecule has 4 aromatic heterocycles. The van der Waals surface area contributed by atoms with Crippen LogP contribution in [0.1, 0.15) is 118 Å². The number of nitrogens with zero attached hydrogens (tertiary/aromatic N) is 10. The van der Waals surface area contributed by atoms with Crippen molar-refractivity contribution in [2.45, 2.75) is 113 Å². The number of ketones is 1. The van der Waals surface area contributed by atoms with Crippen LogP contribution in [0.25, 0.3) is 11.4 Å². The number of Topliss-reactive ketones (excluding diaryl/α,β-unsaturated/α-hetero) is 1. The Morgan fingerprint density at radius 3 is 1.61 bits per heavy atom. The van der Waals surface area contributed by atoms with Crippen LogP contribution < -0.4 is 0 Å². The number of hydrogen-bond donors (Lipinski definition) is 0. The average molecular weight is 1090 g/mol. The number of imidazole rings is 2. The molecule has 0 spiro atoms. The molecule has 0 aliphatic rings. The summed E-state index contributed by atoms with van der Waals surface area (Å²) in [5.41, 5.74) is 5.68. The predicted octanol–water partition coefficient (Wildman–Crippen LogP) is 11.6. The van der Waals surface area contributed by atoms with E-state index in [4.69, 9.17) is 15.3 Å². The molecule has 12 nitrogen and oxygen atoms in total. The molecule has 0 bridgehead atoms. The van der Waals surface area contributed by atoms with Crippen LogP contribution >= 0.6 is 22.6 Å². The number of benzene rings is 2. The summed E-state index contributed by atoms with van der Waals surface area (Å²) in [6.45, 7) is 20.3. The van der Waals surface area contributed by atoms with Gasteiger partial charge in [0, 0.05) is 21.5 Å². The van der Waals surface area contributed by atoms with E-state index < -0.39 is 24.2 Å². The van der Waals surface area contributed by atoms with Crippen LogP contribution in [0.15, 0.2) is 83.9 Å². The number of halogens is 3. The fourth-order valence-corrected chi connectivity index (χ4v) is 22.8. The van der Waals surface area contributed by atoms with Crippen molar-refractivity contribution in [3.05, 3.63) is 139 Å². The van der Waals surface area contributed by atoms with E-state index in [0.717, 1.165) is 38.6 Å². The van der Waals surface area contributed by atoms with Gasteiger partial charge in [-0.3, -0.25) is 4.79 Å². The molecule has 0 atom stereocenters. The molecule has 0 amide bonds. The molecule has 0 unspecified atom stereocenters. The van der Waals surface area contributed by atoms with Gasteiger partial charge in [0.25, 0.3) is 0 Å². The van der Waals surface area contributed by atoms with E-state index in [1.807, 2.05) is 42.7 Å². The summed E-state index contributed by atoms with van der Waals surface area (Å²) in [6.07, 6.45) is 14.6. The zero-order chi connectivity index (χ0) is 46.8. The van der Waals surface area contributed by atoms with E-state index in [-0.39, 0.29) is 17.2 Å². The van der Waals surface area contributed by atoms with Crippen molar-refractivity contribution >= 4 is 46.8 Å². The fourth-order valence-electron chi connectivity index (χ4n) is 7.43. The third kappa shape index (κ3) is 14.4. The fraction of sp³-hybridized carbons (Fsp3) is 0.396. The Labute approximate surface area is 394 Å². The Morgan fingerprint density at radius 1 is 0.750 bits per heavy atom. The molecular formula is C48H59F2IN10O2Sn. The number of rotatable bonds is 19. The van der Waals surface area contributed by atoms with Gasteiger partial charge < -0.3 is 9.13 Å². The van der Waals surface area contributed by atoms with E-state index in [1.165, 1.54) is 92.9 Å². The summed E-state index contributed by atoms with van der Waals surface area (Å²) in [7, 11) is 0. The second-order valence-electron chi connectivity index (χ2n) is 15.7. The minimum Gasteiger partial charge on any atom is -0.330 e. The van der Waals surface area contributed by atoms with E-state index >= 15 is 0 Å². The van der Waals surface area contributed by atoms with Crippen LogP contribution in [0.2, 0.25) is 13.3 Å². The third-order valence-electron chi connectivity index (χ3n) is 10.6. The Morgan fingerprint density at radius 2 is 1.20 bits per heavy atom. The van der Waals surface area contributed by atoms with Crippen molar-refractivity contribution in [2.24, 2.45) is 0 Å². The molecule has 4 heterocycles. The van der Waals surface area contributed by atoms with Crippen LogP contribution in [0.3, 0.4) is 0 Å². The molecule has 6 aromatic rings. The second-order valence-corrected chi connectivity index (χ2v) is 30.1. The van der Waals surface area contributed by atoms with Crippen LogP contribution in [0.4, 0.5) is 8.78 Å². The minimum absolute atomic E-state index is 0.238. The summed E-state index contributed by atoms with van der Waals surface area (Å²) in [4.78, 5) is 19.8. The molecule has 6 rings (SSSR count). The number of hydrogen-bond acceptors (Lipinski definition) is 8. The second kappa shape index (κ2) is 25.4. The first-order valence-electron chi connectivity index (χ1n) is 21.7. The van der Waals surface area contributed by atoms with E-state index in [2.05, 4.69) is 77.0 Å². The number of carbonyl (C=O) groups is 1. The number of nitriles is 2. The topological polar surface area (TPSA) is 145 Å². The van der Waals surface area contributed by atoms with Gasteiger partial charge in [0.2, 0.25) is 0 Å². The maximum absolute atomic E-state index is 13.5. The molecular weight excluding hydrogens is 1030 g/mol. The quantitative estimate of drug-likeness (QED) is 0.0337. The predicted molar refractivity (Wildman–Crippen MR) is 257 cm³/mol. The first-order valence-corrected chi connectivity index (χ1v) is 30.3. The maximum Gasteiger partial charge on any atom is 0.162 e. The summed E-state index contributed by atoms with van der Waals surface area (Å²) >= 11 is -0.149. The summed E-state index contributed by atoms with van der Waals surface area (Å²) in [5, 5.41) is 26.6. The minimum atomic E-state index is -2.24. The first kappa shape index (κ1) is 51.5. The van der Waals surface area contributed by atoms with Gasteiger partial charge in [-0.15, -0.1) is 0 Å². The molecule has 0 saturated heterocycles. The molecule has 64 heavy (non-hydrogen) atoms. The Hall–Kier alpha value is -5.14. The van der Waals surface area contributed by atoms with E-state index in [1.54, 1.807) is 45.0 Å². The van der Waals surface area contributed by atoms with Gasteiger partial charge in [-0.1, -0.05) is 0 Å². The number of aromatic nitrogens is 8. The number of aryl methyl sites for hydroxylation is 2. The maximum atomic E-state index is 13.5. The molecule has 0 aliphatic heterocycles. The first-order chi connectivity index (χ1) is 30.7. The summed E-state index contributed by atoms with van der Waals surface area (Å²) < 4.78 is 46.1. The number of ether oxygens (including phenoxy) is 1. The molecule has 0 N–H and O–H groups in total. The normalized spacial score (nSPS) is 10.9. The summed E-state index contributed by atoms with van der Waals surface area (Å²) in [6, 6.07) is 16.5. The van der Waals surface area contributed by atoms with Crippen molar-refractivity contribution in [3.8, 4) is 23.5 Å². The number of unbranched alkanes of at least 4 members (excludes halogenated alkanes) is 3. The van der Waals surface area contributed by atoms with Crippen molar-refractivity contribution in [3.63, 3.8) is 0 Å². The van der Waals surface area contributed by atoms with E-state index in [0.29, 0.717) is 30.2 Å². The zero-order valence-corrected chi connectivity index (χ0v) is 43.1. The smallest absolute Gasteiger partial charge is 0.162 e. The number of carbonyl (C=O) groups excluding carboxylic acids is 1. The molecule has 2 aromatic carbocycles. The van der Waals surface area contributed by atoms with Crippen molar-refractivity contribution < 1.29 is 18.3 Å². The Balaban J connectivity index is 0.000000213. The van der Waals surface area contributed by atoms with Crippen LogP contribution in [0, 0.1) is 51.7 Å². The van der Waals surface area contributed by atoms with Gasteiger partial charge in [0.15, 0.2) is 17.2 Å². The van der Waals surface area contributed by atoms with Gasteiger partial charge in [0.1, 0.15) is 23.8 Å².